The zero-order valence-corrected chi connectivity index (χ0v) is 22.1. The Labute approximate surface area is 222 Å². The van der Waals surface area contributed by atoms with Crippen LogP contribution in [0.3, 0.4) is 0 Å². The summed E-state index contributed by atoms with van der Waals surface area (Å²) in [6, 6.07) is 7.55. The van der Waals surface area contributed by atoms with E-state index in [1.165, 1.54) is 25.3 Å². The van der Waals surface area contributed by atoms with Crippen molar-refractivity contribution in [2.45, 2.75) is 62.9 Å². The van der Waals surface area contributed by atoms with Crippen molar-refractivity contribution < 1.29 is 40.8 Å². The lowest BCUT2D eigenvalue weighted by Crippen LogP contribution is -2.46. The van der Waals surface area contributed by atoms with Crippen molar-refractivity contribution in [2.75, 3.05) is 12.3 Å². The Morgan fingerprint density at radius 2 is 1.95 bits per heavy atom. The van der Waals surface area contributed by atoms with Gasteiger partial charge in [0.2, 0.25) is 10.0 Å². The highest BCUT2D eigenvalue weighted by molar-refractivity contribution is 7.89. The summed E-state index contributed by atoms with van der Waals surface area (Å²) in [5.41, 5.74) is 7.18. The molecule has 0 radical (unpaired) electrons. The number of rotatable bonds is 5. The molecule has 1 aliphatic heterocycles. The molecular formula is C25H27F3N4O6S. The fraction of sp³-hybridized carbons (Fsp3) is 0.400. The van der Waals surface area contributed by atoms with Crippen LogP contribution in [-0.2, 0) is 19.6 Å². The fourth-order valence-electron chi connectivity index (χ4n) is 4.42. The number of sulfonamides is 1. The van der Waals surface area contributed by atoms with Gasteiger partial charge in [0.25, 0.3) is 0 Å². The molecule has 10 nitrogen and oxygen atoms in total. The number of carbonyl (C=O) groups is 1. The molecule has 4 rings (SSSR count). The maximum Gasteiger partial charge on any atom is 0.490 e. The summed E-state index contributed by atoms with van der Waals surface area (Å²) in [5.74, 6) is -2.01. The van der Waals surface area contributed by atoms with Crippen LogP contribution >= 0.6 is 0 Å². The number of esters is 1. The second-order valence-corrected chi connectivity index (χ2v) is 11.6. The quantitative estimate of drug-likeness (QED) is 0.436. The summed E-state index contributed by atoms with van der Waals surface area (Å²) in [7, 11) is -4.49. The number of anilines is 1. The van der Waals surface area contributed by atoms with Crippen LogP contribution in [0.15, 0.2) is 45.9 Å². The average molecular weight is 569 g/mol. The standard InChI is InChI=1S/C25H27F3N4O6S/c1-14-5-6-17(11-18(14)16-10-19(22(29)30-13-16)20-9-15(2)31-38-20)39(35,36)32-8-4-7-24(3,34)12-21(32)37-23(33)25(26,27)28/h5-6,9-11,13,21,34H,4,7-8,12H2,1-3H3,(H2,29,30). The molecule has 39 heavy (non-hydrogen) atoms. The van der Waals surface area contributed by atoms with Crippen molar-refractivity contribution in [2.24, 2.45) is 0 Å². The summed E-state index contributed by atoms with van der Waals surface area (Å²) >= 11 is 0. The summed E-state index contributed by atoms with van der Waals surface area (Å²) in [4.78, 5) is 15.6. The lowest BCUT2D eigenvalue weighted by Gasteiger charge is -2.31. The van der Waals surface area contributed by atoms with Crippen LogP contribution in [0.5, 0.6) is 0 Å². The maximum atomic E-state index is 13.7. The highest BCUT2D eigenvalue weighted by Crippen LogP contribution is 2.36. The van der Waals surface area contributed by atoms with Gasteiger partial charge in [0.05, 0.1) is 21.8 Å². The number of carbonyl (C=O) groups excluding carboxylic acids is 1. The number of aromatic nitrogens is 2. The number of nitrogens with zero attached hydrogens (tertiary/aromatic N) is 3. The Balaban J connectivity index is 1.75. The molecule has 3 N–H and O–H groups in total. The van der Waals surface area contributed by atoms with Crippen molar-refractivity contribution in [3.8, 4) is 22.5 Å². The molecule has 0 saturated carbocycles. The number of ether oxygens (including phenoxy) is 1. The monoisotopic (exact) mass is 568 g/mol. The van der Waals surface area contributed by atoms with Crippen molar-refractivity contribution in [3.63, 3.8) is 0 Å². The molecular weight excluding hydrogens is 541 g/mol. The Morgan fingerprint density at radius 3 is 2.59 bits per heavy atom. The molecule has 0 spiro atoms. The molecule has 1 saturated heterocycles. The van der Waals surface area contributed by atoms with E-state index in [2.05, 4.69) is 14.9 Å². The van der Waals surface area contributed by atoms with Gasteiger partial charge in [0.15, 0.2) is 12.0 Å². The Kier molecular flexibility index (Phi) is 7.49. The lowest BCUT2D eigenvalue weighted by molar-refractivity contribution is -0.211. The van der Waals surface area contributed by atoms with Gasteiger partial charge in [-0.05, 0) is 62.9 Å². The van der Waals surface area contributed by atoms with E-state index in [-0.39, 0.29) is 30.1 Å². The fourth-order valence-corrected chi connectivity index (χ4v) is 6.00. The highest BCUT2D eigenvalue weighted by atomic mass is 32.2. The zero-order chi connectivity index (χ0) is 28.8. The van der Waals surface area contributed by atoms with E-state index in [0.29, 0.717) is 38.0 Å². The van der Waals surface area contributed by atoms with Gasteiger partial charge < -0.3 is 20.1 Å². The third-order valence-electron chi connectivity index (χ3n) is 6.44. The molecule has 3 aromatic rings. The predicted molar refractivity (Wildman–Crippen MR) is 133 cm³/mol. The van der Waals surface area contributed by atoms with Crippen molar-refractivity contribution in [1.29, 1.82) is 0 Å². The van der Waals surface area contributed by atoms with Crippen LogP contribution in [0, 0.1) is 13.8 Å². The lowest BCUT2D eigenvalue weighted by atomic mass is 9.97. The normalized spacial score (nSPS) is 20.9. The number of pyridine rings is 1. The number of alkyl halides is 3. The van der Waals surface area contributed by atoms with Gasteiger partial charge in [-0.15, -0.1) is 0 Å². The predicted octanol–water partition coefficient (Wildman–Crippen LogP) is 3.96. The summed E-state index contributed by atoms with van der Waals surface area (Å²) in [6.07, 6.45) is -6.06. The Morgan fingerprint density at radius 1 is 1.23 bits per heavy atom. The summed E-state index contributed by atoms with van der Waals surface area (Å²) in [5, 5.41) is 14.4. The first-order chi connectivity index (χ1) is 18.1. The van der Waals surface area contributed by atoms with Crippen LogP contribution in [-0.4, -0.2) is 58.5 Å². The number of nitrogens with two attached hydrogens (primary N) is 1. The molecule has 1 aliphatic rings. The van der Waals surface area contributed by atoms with E-state index in [1.54, 1.807) is 32.0 Å². The van der Waals surface area contributed by atoms with Gasteiger partial charge in [-0.2, -0.15) is 17.5 Å². The van der Waals surface area contributed by atoms with Gasteiger partial charge in [0.1, 0.15) is 5.82 Å². The van der Waals surface area contributed by atoms with E-state index in [9.17, 15) is 31.5 Å². The number of aliphatic hydroxyl groups is 1. The van der Waals surface area contributed by atoms with Crippen LogP contribution < -0.4 is 5.73 Å². The number of aryl methyl sites for hydroxylation is 2. The molecule has 3 heterocycles. The molecule has 14 heteroatoms. The first-order valence-electron chi connectivity index (χ1n) is 11.9. The Hall–Kier alpha value is -3.49. The Bertz CT molecular complexity index is 1500. The van der Waals surface area contributed by atoms with Crippen LogP contribution in [0.2, 0.25) is 0 Å². The first-order valence-corrected chi connectivity index (χ1v) is 13.3. The van der Waals surface area contributed by atoms with E-state index >= 15 is 0 Å². The number of nitrogen functional groups attached to an aromatic ring is 1. The topological polar surface area (TPSA) is 149 Å². The van der Waals surface area contributed by atoms with Gasteiger partial charge in [-0.3, -0.25) is 0 Å². The van der Waals surface area contributed by atoms with Crippen LogP contribution in [0.4, 0.5) is 19.0 Å². The largest absolute Gasteiger partial charge is 0.490 e. The molecule has 2 unspecified atom stereocenters. The minimum atomic E-state index is -5.34. The average Bonchev–Trinajstić information content (AvgIpc) is 3.20. The van der Waals surface area contributed by atoms with Crippen molar-refractivity contribution in [1.82, 2.24) is 14.4 Å². The summed E-state index contributed by atoms with van der Waals surface area (Å²) < 4.78 is 77.0. The van der Waals surface area contributed by atoms with Crippen molar-refractivity contribution in [3.05, 3.63) is 47.8 Å². The SMILES string of the molecule is Cc1cc(-c2cc(-c3cc(S(=O)(=O)N4CCCC(C)(O)CC4OC(=O)C(F)(F)F)ccc3C)cnc2N)on1. The molecule has 1 aromatic carbocycles. The molecule has 1 fully saturated rings. The van der Waals surface area contributed by atoms with E-state index in [1.807, 2.05) is 0 Å². The third kappa shape index (κ3) is 6.07. The maximum absolute atomic E-state index is 13.7. The molecule has 0 bridgehead atoms. The van der Waals surface area contributed by atoms with Gasteiger partial charge in [-0.1, -0.05) is 11.2 Å². The van der Waals surface area contributed by atoms with Gasteiger partial charge in [-0.25, -0.2) is 18.2 Å². The van der Waals surface area contributed by atoms with Crippen LogP contribution in [0.1, 0.15) is 37.4 Å². The van der Waals surface area contributed by atoms with E-state index in [4.69, 9.17) is 10.3 Å². The minimum absolute atomic E-state index is 0.0965. The molecule has 2 aromatic heterocycles. The molecule has 0 amide bonds. The zero-order valence-electron chi connectivity index (χ0n) is 21.3. The number of hydrogen-bond donors (Lipinski definition) is 2. The first kappa shape index (κ1) is 28.5. The second kappa shape index (κ2) is 10.2. The number of benzene rings is 1. The van der Waals surface area contributed by atoms with Gasteiger partial charge >= 0.3 is 12.1 Å². The number of hydrogen-bond acceptors (Lipinski definition) is 9. The van der Waals surface area contributed by atoms with Crippen molar-refractivity contribution >= 4 is 21.8 Å². The highest BCUT2D eigenvalue weighted by Gasteiger charge is 2.47. The molecule has 2 atom stereocenters. The summed E-state index contributed by atoms with van der Waals surface area (Å²) in [6.45, 7) is 4.57. The molecule has 0 aliphatic carbocycles. The van der Waals surface area contributed by atoms with Crippen LogP contribution in [0.25, 0.3) is 22.5 Å². The third-order valence-corrected chi connectivity index (χ3v) is 8.33. The second-order valence-electron chi connectivity index (χ2n) is 9.74. The van der Waals surface area contributed by atoms with E-state index in [0.717, 1.165) is 0 Å². The van der Waals surface area contributed by atoms with E-state index < -0.39 is 40.4 Å². The number of halogens is 3. The molecule has 210 valence electrons. The minimum Gasteiger partial charge on any atom is -0.439 e. The van der Waals surface area contributed by atoms with Gasteiger partial charge in [0, 0.05) is 30.8 Å². The smallest absolute Gasteiger partial charge is 0.439 e.